The molecule has 4 aromatic rings. The molecule has 0 aliphatic carbocycles. The van der Waals surface area contributed by atoms with Gasteiger partial charge in [-0.2, -0.15) is 0 Å². The summed E-state index contributed by atoms with van der Waals surface area (Å²) in [7, 11) is 0. The molecule has 0 amide bonds. The maximum Gasteiger partial charge on any atom is 0.361 e. The molecule has 0 N–H and O–H groups in total. The number of halogens is 1. The topological polar surface area (TPSA) is 83.0 Å². The summed E-state index contributed by atoms with van der Waals surface area (Å²) in [4.78, 5) is 17.1. The van der Waals surface area contributed by atoms with E-state index >= 15 is 0 Å². The number of aromatic nitrogens is 4. The fourth-order valence-corrected chi connectivity index (χ4v) is 3.16. The van der Waals surface area contributed by atoms with Gasteiger partial charge in [-0.1, -0.05) is 35.0 Å². The van der Waals surface area contributed by atoms with E-state index in [-0.39, 0.29) is 12.3 Å². The van der Waals surface area contributed by atoms with E-state index in [1.165, 1.54) is 0 Å². The Hall–Kier alpha value is -3.45. The Bertz CT molecular complexity index is 1210. The summed E-state index contributed by atoms with van der Waals surface area (Å²) in [6, 6.07) is 14.9. The van der Waals surface area contributed by atoms with Gasteiger partial charge in [-0.05, 0) is 56.7 Å². The van der Waals surface area contributed by atoms with Crippen molar-refractivity contribution in [2.45, 2.75) is 27.4 Å². The van der Waals surface area contributed by atoms with Gasteiger partial charge in [-0.15, -0.1) is 5.10 Å². The van der Waals surface area contributed by atoms with Crippen LogP contribution in [0.15, 0.2) is 52.9 Å². The molecule has 0 fully saturated rings. The van der Waals surface area contributed by atoms with Gasteiger partial charge >= 0.3 is 5.97 Å². The van der Waals surface area contributed by atoms with E-state index in [9.17, 15) is 4.79 Å². The van der Waals surface area contributed by atoms with Gasteiger partial charge in [0.2, 0.25) is 5.89 Å². The van der Waals surface area contributed by atoms with Crippen molar-refractivity contribution < 1.29 is 13.9 Å². The predicted octanol–water partition coefficient (Wildman–Crippen LogP) is 4.86. The molecule has 7 nitrogen and oxygen atoms in total. The SMILES string of the molecule is Cc1ccccc1-c1nc(COC(=O)c2nnn(-c3ccc(Cl)cc3)c2C)c(C)o1. The van der Waals surface area contributed by atoms with Gasteiger partial charge in [0.15, 0.2) is 5.69 Å². The van der Waals surface area contributed by atoms with Crippen LogP contribution in [0.3, 0.4) is 0 Å². The number of aryl methyl sites for hydroxylation is 2. The van der Waals surface area contributed by atoms with Crippen molar-refractivity contribution in [1.82, 2.24) is 20.0 Å². The molecule has 8 heteroatoms. The first-order chi connectivity index (χ1) is 14.4. The summed E-state index contributed by atoms with van der Waals surface area (Å²) in [6.07, 6.45) is 0. The summed E-state index contributed by atoms with van der Waals surface area (Å²) in [6.45, 7) is 5.51. The highest BCUT2D eigenvalue weighted by Gasteiger charge is 2.21. The lowest BCUT2D eigenvalue weighted by Crippen LogP contribution is -2.09. The number of benzene rings is 2. The molecule has 2 aromatic heterocycles. The summed E-state index contributed by atoms with van der Waals surface area (Å²) in [5, 5.41) is 8.64. The van der Waals surface area contributed by atoms with Crippen molar-refractivity contribution in [3.63, 3.8) is 0 Å². The first-order valence-electron chi connectivity index (χ1n) is 9.31. The highest BCUT2D eigenvalue weighted by atomic mass is 35.5. The molecular weight excluding hydrogens is 404 g/mol. The monoisotopic (exact) mass is 422 g/mol. The highest BCUT2D eigenvalue weighted by molar-refractivity contribution is 6.30. The third kappa shape index (κ3) is 3.84. The third-order valence-corrected chi connectivity index (χ3v) is 5.02. The fraction of sp³-hybridized carbons (Fsp3) is 0.182. The number of esters is 1. The minimum Gasteiger partial charge on any atom is -0.454 e. The molecule has 0 aliphatic rings. The number of hydrogen-bond donors (Lipinski definition) is 0. The Kier molecular flexibility index (Phi) is 5.37. The lowest BCUT2D eigenvalue weighted by atomic mass is 10.1. The van der Waals surface area contributed by atoms with Gasteiger partial charge in [0.25, 0.3) is 0 Å². The van der Waals surface area contributed by atoms with Crippen molar-refractivity contribution in [3.8, 4) is 17.1 Å². The molecule has 0 spiro atoms. The van der Waals surface area contributed by atoms with Crippen LogP contribution in [0.2, 0.25) is 5.02 Å². The molecule has 0 atom stereocenters. The van der Waals surface area contributed by atoms with Gasteiger partial charge in [-0.25, -0.2) is 14.5 Å². The van der Waals surface area contributed by atoms with Gasteiger partial charge in [-0.3, -0.25) is 0 Å². The fourth-order valence-electron chi connectivity index (χ4n) is 3.04. The number of oxazole rings is 1. The number of carbonyl (C=O) groups is 1. The third-order valence-electron chi connectivity index (χ3n) is 4.77. The van der Waals surface area contributed by atoms with E-state index < -0.39 is 5.97 Å². The lowest BCUT2D eigenvalue weighted by Gasteiger charge is -2.04. The van der Waals surface area contributed by atoms with Crippen LogP contribution in [-0.2, 0) is 11.3 Å². The average molecular weight is 423 g/mol. The summed E-state index contributed by atoms with van der Waals surface area (Å²) in [5.74, 6) is 0.525. The van der Waals surface area contributed by atoms with E-state index in [1.54, 1.807) is 42.8 Å². The summed E-state index contributed by atoms with van der Waals surface area (Å²) >= 11 is 5.92. The average Bonchev–Trinajstić information content (AvgIpc) is 3.30. The van der Waals surface area contributed by atoms with Gasteiger partial charge in [0.1, 0.15) is 18.1 Å². The maximum absolute atomic E-state index is 12.6. The van der Waals surface area contributed by atoms with Gasteiger partial charge in [0.05, 0.1) is 11.4 Å². The van der Waals surface area contributed by atoms with Crippen LogP contribution >= 0.6 is 11.6 Å². The first kappa shape index (κ1) is 19.8. The normalized spacial score (nSPS) is 10.9. The van der Waals surface area contributed by atoms with Gasteiger partial charge in [0, 0.05) is 10.6 Å². The first-order valence-corrected chi connectivity index (χ1v) is 9.69. The molecule has 152 valence electrons. The van der Waals surface area contributed by atoms with Crippen molar-refractivity contribution in [2.24, 2.45) is 0 Å². The standard InChI is InChI=1S/C22H19ClN4O3/c1-13-6-4-5-7-18(13)21-24-19(15(3)30-21)12-29-22(28)20-14(2)27(26-25-20)17-10-8-16(23)9-11-17/h4-11H,12H2,1-3H3. The quantitative estimate of drug-likeness (QED) is 0.427. The molecule has 0 bridgehead atoms. The van der Waals surface area contributed by atoms with Crippen molar-refractivity contribution >= 4 is 17.6 Å². The summed E-state index contributed by atoms with van der Waals surface area (Å²) in [5.41, 5.74) is 3.98. The largest absolute Gasteiger partial charge is 0.454 e. The smallest absolute Gasteiger partial charge is 0.361 e. The zero-order valence-corrected chi connectivity index (χ0v) is 17.5. The molecule has 0 saturated heterocycles. The van der Waals surface area contributed by atoms with Crippen LogP contribution in [0.1, 0.15) is 33.2 Å². The van der Waals surface area contributed by atoms with E-state index in [2.05, 4.69) is 15.3 Å². The van der Waals surface area contributed by atoms with Crippen molar-refractivity contribution in [3.05, 3.63) is 82.0 Å². The van der Waals surface area contributed by atoms with Crippen LogP contribution in [0, 0.1) is 20.8 Å². The Labute approximate surface area is 178 Å². The zero-order valence-electron chi connectivity index (χ0n) is 16.7. The number of ether oxygens (including phenoxy) is 1. The van der Waals surface area contributed by atoms with Crippen LogP contribution in [0.25, 0.3) is 17.1 Å². The zero-order chi connectivity index (χ0) is 21.3. The van der Waals surface area contributed by atoms with Crippen molar-refractivity contribution in [2.75, 3.05) is 0 Å². The Balaban J connectivity index is 1.49. The molecule has 2 aromatic carbocycles. The van der Waals surface area contributed by atoms with E-state index in [0.717, 1.165) is 16.8 Å². The minimum atomic E-state index is -0.576. The predicted molar refractivity (Wildman–Crippen MR) is 112 cm³/mol. The maximum atomic E-state index is 12.6. The van der Waals surface area contributed by atoms with E-state index in [0.29, 0.717) is 28.1 Å². The number of rotatable bonds is 5. The minimum absolute atomic E-state index is 0.0205. The second-order valence-corrected chi connectivity index (χ2v) is 7.26. The lowest BCUT2D eigenvalue weighted by molar-refractivity contribution is 0.0459. The molecule has 0 unspecified atom stereocenters. The Morgan fingerprint density at radius 3 is 2.57 bits per heavy atom. The van der Waals surface area contributed by atoms with E-state index in [4.69, 9.17) is 20.8 Å². The molecule has 2 heterocycles. The molecule has 4 rings (SSSR count). The second kappa shape index (κ2) is 8.12. The van der Waals surface area contributed by atoms with Crippen LogP contribution in [0.5, 0.6) is 0 Å². The number of carbonyl (C=O) groups excluding carboxylic acids is 1. The van der Waals surface area contributed by atoms with Crippen LogP contribution in [0.4, 0.5) is 0 Å². The highest BCUT2D eigenvalue weighted by Crippen LogP contribution is 2.25. The van der Waals surface area contributed by atoms with Crippen LogP contribution in [-0.4, -0.2) is 25.9 Å². The molecule has 0 radical (unpaired) electrons. The molecule has 0 aliphatic heterocycles. The Morgan fingerprint density at radius 1 is 1.10 bits per heavy atom. The number of nitrogens with zero attached hydrogens (tertiary/aromatic N) is 4. The Morgan fingerprint density at radius 2 is 1.83 bits per heavy atom. The number of hydrogen-bond acceptors (Lipinski definition) is 6. The van der Waals surface area contributed by atoms with E-state index in [1.807, 2.05) is 31.2 Å². The van der Waals surface area contributed by atoms with Crippen molar-refractivity contribution in [1.29, 1.82) is 0 Å². The molecule has 30 heavy (non-hydrogen) atoms. The second-order valence-electron chi connectivity index (χ2n) is 6.82. The molecular formula is C22H19ClN4O3. The molecule has 0 saturated carbocycles. The van der Waals surface area contributed by atoms with Gasteiger partial charge < -0.3 is 9.15 Å². The summed E-state index contributed by atoms with van der Waals surface area (Å²) < 4.78 is 12.8. The van der Waals surface area contributed by atoms with Crippen LogP contribution < -0.4 is 0 Å².